The van der Waals surface area contributed by atoms with E-state index in [1.54, 1.807) is 6.92 Å². The summed E-state index contributed by atoms with van der Waals surface area (Å²) in [5.41, 5.74) is -0.261. The Morgan fingerprint density at radius 2 is 2.04 bits per heavy atom. The summed E-state index contributed by atoms with van der Waals surface area (Å²) in [6.45, 7) is 2.84. The minimum absolute atomic E-state index is 0.151. The van der Waals surface area contributed by atoms with Crippen molar-refractivity contribution in [2.45, 2.75) is 19.0 Å². The van der Waals surface area contributed by atoms with E-state index in [1.165, 1.54) is 16.2 Å². The summed E-state index contributed by atoms with van der Waals surface area (Å²) in [7, 11) is 0. The van der Waals surface area contributed by atoms with Gasteiger partial charge in [-0.2, -0.15) is 0 Å². The van der Waals surface area contributed by atoms with Crippen molar-refractivity contribution < 1.29 is 19.1 Å². The maximum atomic E-state index is 12.9. The summed E-state index contributed by atoms with van der Waals surface area (Å²) in [6.07, 6.45) is 0. The van der Waals surface area contributed by atoms with Crippen molar-refractivity contribution in [1.29, 1.82) is 0 Å². The third-order valence-electron chi connectivity index (χ3n) is 4.27. The number of fused-ring (bicyclic) bond motifs is 1. The van der Waals surface area contributed by atoms with Gasteiger partial charge in [0.05, 0.1) is 6.54 Å². The molecule has 0 radical (unpaired) electrons. The molecule has 0 spiro atoms. The Labute approximate surface area is 143 Å². The highest BCUT2D eigenvalue weighted by Gasteiger charge is 2.49. The van der Waals surface area contributed by atoms with Gasteiger partial charge in [0, 0.05) is 10.4 Å². The predicted molar refractivity (Wildman–Crippen MR) is 88.2 cm³/mol. The Morgan fingerprint density at radius 1 is 1.21 bits per heavy atom. The molecule has 2 aliphatic rings. The molecule has 1 N–H and O–H groups in total. The minimum Gasteiger partial charge on any atom is -0.486 e. The molecule has 2 aliphatic heterocycles. The Balaban J connectivity index is 1.64. The van der Waals surface area contributed by atoms with Crippen molar-refractivity contribution in [3.05, 3.63) is 46.2 Å². The van der Waals surface area contributed by atoms with E-state index in [-0.39, 0.29) is 12.5 Å². The van der Waals surface area contributed by atoms with Crippen molar-refractivity contribution in [3.63, 3.8) is 0 Å². The summed E-state index contributed by atoms with van der Waals surface area (Å²) < 4.78 is 11.2. The molecule has 24 heavy (non-hydrogen) atoms. The molecule has 1 unspecified atom stereocenters. The summed E-state index contributed by atoms with van der Waals surface area (Å²) in [4.78, 5) is 27.3. The minimum atomic E-state index is -1.02. The van der Waals surface area contributed by atoms with Gasteiger partial charge >= 0.3 is 6.03 Å². The molecule has 0 bridgehead atoms. The van der Waals surface area contributed by atoms with Gasteiger partial charge in [0.1, 0.15) is 13.2 Å². The van der Waals surface area contributed by atoms with Gasteiger partial charge in [-0.1, -0.05) is 18.2 Å². The first-order chi connectivity index (χ1) is 11.6. The van der Waals surface area contributed by atoms with Crippen LogP contribution in [0.25, 0.3) is 0 Å². The van der Waals surface area contributed by atoms with Crippen LogP contribution in [0.15, 0.2) is 35.7 Å². The lowest BCUT2D eigenvalue weighted by molar-refractivity contribution is -0.131. The molecular formula is C17H16N2O4S. The number of thiophene rings is 1. The maximum absolute atomic E-state index is 12.9. The van der Waals surface area contributed by atoms with Crippen LogP contribution in [-0.4, -0.2) is 30.1 Å². The number of benzene rings is 1. The first-order valence-corrected chi connectivity index (χ1v) is 8.53. The normalized spacial score (nSPS) is 22.6. The van der Waals surface area contributed by atoms with E-state index < -0.39 is 11.6 Å². The molecule has 3 amide bonds. The summed E-state index contributed by atoms with van der Waals surface area (Å²) in [5.74, 6) is 0.991. The van der Waals surface area contributed by atoms with Crippen molar-refractivity contribution >= 4 is 23.3 Å². The van der Waals surface area contributed by atoms with E-state index in [9.17, 15) is 9.59 Å². The molecule has 1 aromatic carbocycles. The molecule has 1 aromatic heterocycles. The summed E-state index contributed by atoms with van der Waals surface area (Å²) >= 11 is 1.45. The lowest BCUT2D eigenvalue weighted by atomic mass is 10.0. The number of para-hydroxylation sites is 1. The number of hydrogen-bond acceptors (Lipinski definition) is 5. The van der Waals surface area contributed by atoms with Gasteiger partial charge in [0.25, 0.3) is 5.91 Å². The number of carbonyl (C=O) groups excluding carboxylic acids is 2. The maximum Gasteiger partial charge on any atom is 0.325 e. The van der Waals surface area contributed by atoms with Crippen molar-refractivity contribution in [2.24, 2.45) is 0 Å². The third-order valence-corrected chi connectivity index (χ3v) is 5.36. The average Bonchev–Trinajstić information content (AvgIpc) is 3.20. The van der Waals surface area contributed by atoms with Gasteiger partial charge in [-0.25, -0.2) is 4.79 Å². The van der Waals surface area contributed by atoms with E-state index in [2.05, 4.69) is 5.32 Å². The van der Waals surface area contributed by atoms with E-state index >= 15 is 0 Å². The zero-order chi connectivity index (χ0) is 16.7. The quantitative estimate of drug-likeness (QED) is 0.869. The van der Waals surface area contributed by atoms with Crippen LogP contribution < -0.4 is 14.8 Å². The fourth-order valence-electron chi connectivity index (χ4n) is 3.00. The fraction of sp³-hybridized carbons (Fsp3) is 0.294. The molecular weight excluding hydrogens is 328 g/mol. The number of imide groups is 1. The molecule has 7 heteroatoms. The lowest BCUT2D eigenvalue weighted by Gasteiger charge is -2.23. The topological polar surface area (TPSA) is 67.9 Å². The van der Waals surface area contributed by atoms with Crippen molar-refractivity contribution in [1.82, 2.24) is 10.2 Å². The second-order valence-electron chi connectivity index (χ2n) is 5.87. The van der Waals surface area contributed by atoms with Crippen molar-refractivity contribution in [3.8, 4) is 11.5 Å². The number of amides is 3. The molecule has 3 heterocycles. The average molecular weight is 344 g/mol. The predicted octanol–water partition coefficient (Wildman–Crippen LogP) is 2.49. The zero-order valence-electron chi connectivity index (χ0n) is 13.1. The van der Waals surface area contributed by atoms with Crippen LogP contribution in [-0.2, 0) is 16.9 Å². The number of hydrogen-bond donors (Lipinski definition) is 1. The molecule has 1 fully saturated rings. The monoisotopic (exact) mass is 344 g/mol. The molecule has 2 aromatic rings. The van der Waals surface area contributed by atoms with Crippen LogP contribution in [0.4, 0.5) is 4.79 Å². The molecule has 124 valence electrons. The third kappa shape index (κ3) is 2.24. The second-order valence-corrected chi connectivity index (χ2v) is 6.81. The van der Waals surface area contributed by atoms with Gasteiger partial charge in [-0.15, -0.1) is 11.3 Å². The highest BCUT2D eigenvalue weighted by atomic mass is 32.1. The van der Waals surface area contributed by atoms with Gasteiger partial charge in [0.2, 0.25) is 0 Å². The van der Waals surface area contributed by atoms with Gasteiger partial charge in [-0.3, -0.25) is 9.69 Å². The fourth-order valence-corrected chi connectivity index (χ4v) is 3.83. The van der Waals surface area contributed by atoms with Crippen LogP contribution >= 0.6 is 11.3 Å². The number of carbonyl (C=O) groups is 2. The van der Waals surface area contributed by atoms with Crippen molar-refractivity contribution in [2.75, 3.05) is 13.2 Å². The summed E-state index contributed by atoms with van der Waals surface area (Å²) in [6, 6.07) is 8.82. The van der Waals surface area contributed by atoms with E-state index in [1.807, 2.05) is 35.7 Å². The number of nitrogens with zero attached hydrogens (tertiary/aromatic N) is 1. The SMILES string of the molecule is CC1(c2cccs2)NC(=O)N(Cc2cccc3c2OCCO3)C1=O. The second kappa shape index (κ2) is 5.52. The summed E-state index contributed by atoms with van der Waals surface area (Å²) in [5, 5.41) is 4.70. The number of nitrogens with one attached hydrogen (secondary N) is 1. The van der Waals surface area contributed by atoms with Crippen LogP contribution in [0.5, 0.6) is 11.5 Å². The van der Waals surface area contributed by atoms with Crippen LogP contribution in [0, 0.1) is 0 Å². The van der Waals surface area contributed by atoms with Crippen LogP contribution in [0.3, 0.4) is 0 Å². The zero-order valence-corrected chi connectivity index (χ0v) is 13.9. The number of urea groups is 1. The first-order valence-electron chi connectivity index (χ1n) is 7.65. The molecule has 1 saturated heterocycles. The lowest BCUT2D eigenvalue weighted by Crippen LogP contribution is -2.40. The number of ether oxygens (including phenoxy) is 2. The van der Waals surface area contributed by atoms with Crippen LogP contribution in [0.1, 0.15) is 17.4 Å². The highest BCUT2D eigenvalue weighted by molar-refractivity contribution is 7.10. The Morgan fingerprint density at radius 3 is 2.83 bits per heavy atom. The van der Waals surface area contributed by atoms with E-state index in [0.717, 1.165) is 10.4 Å². The highest BCUT2D eigenvalue weighted by Crippen LogP contribution is 2.37. The Kier molecular flexibility index (Phi) is 3.45. The smallest absolute Gasteiger partial charge is 0.325 e. The standard InChI is InChI=1S/C17H16N2O4S/c1-17(13-6-3-9-24-13)15(20)19(16(21)18-17)10-11-4-2-5-12-14(11)23-8-7-22-12/h2-6,9H,7-8,10H2,1H3,(H,18,21). The van der Waals surface area contributed by atoms with E-state index in [4.69, 9.17) is 9.47 Å². The van der Waals surface area contributed by atoms with Gasteiger partial charge in [0.15, 0.2) is 17.0 Å². The molecule has 0 saturated carbocycles. The molecule has 0 aliphatic carbocycles. The van der Waals surface area contributed by atoms with E-state index in [0.29, 0.717) is 24.7 Å². The Hall–Kier alpha value is -2.54. The largest absolute Gasteiger partial charge is 0.486 e. The van der Waals surface area contributed by atoms with Gasteiger partial charge < -0.3 is 14.8 Å². The van der Waals surface area contributed by atoms with Gasteiger partial charge in [-0.05, 0) is 24.4 Å². The molecule has 4 rings (SSSR count). The molecule has 1 atom stereocenters. The number of rotatable bonds is 3. The first kappa shape index (κ1) is 15.0. The van der Waals surface area contributed by atoms with Crippen LogP contribution in [0.2, 0.25) is 0 Å². The molecule has 6 nitrogen and oxygen atoms in total. The Bertz CT molecular complexity index is 805.